The monoisotopic (exact) mass is 251 g/mol. The molecule has 0 saturated heterocycles. The van der Waals surface area contributed by atoms with E-state index in [1.807, 2.05) is 12.1 Å². The Bertz CT molecular complexity index is 349. The van der Waals surface area contributed by atoms with Crippen molar-refractivity contribution in [2.24, 2.45) is 0 Å². The summed E-state index contributed by atoms with van der Waals surface area (Å²) in [7, 11) is 4.16. The number of aromatic nitrogens is 1. The average molecular weight is 251 g/mol. The Hall–Kier alpha value is -1.13. The van der Waals surface area contributed by atoms with Crippen molar-refractivity contribution >= 4 is 5.82 Å². The minimum Gasteiger partial charge on any atom is -0.389 e. The standard InChI is InChI=1S/C14H25N3O/c1-6-17(11(2)10-16(4)5)14-8-7-13(9-15-14)12(3)18/h7-9,11-12,18H,6,10H2,1-5H3/t11?,12-/m0/s1. The lowest BCUT2D eigenvalue weighted by Crippen LogP contribution is -2.40. The Balaban J connectivity index is 2.81. The molecule has 18 heavy (non-hydrogen) atoms. The van der Waals surface area contributed by atoms with Crippen LogP contribution in [0.5, 0.6) is 0 Å². The highest BCUT2D eigenvalue weighted by atomic mass is 16.3. The zero-order chi connectivity index (χ0) is 13.7. The normalized spacial score (nSPS) is 14.6. The fourth-order valence-electron chi connectivity index (χ4n) is 2.14. The molecular weight excluding hydrogens is 226 g/mol. The van der Waals surface area contributed by atoms with E-state index >= 15 is 0 Å². The summed E-state index contributed by atoms with van der Waals surface area (Å²) in [6, 6.07) is 4.34. The van der Waals surface area contributed by atoms with Crippen LogP contribution in [-0.4, -0.2) is 48.2 Å². The maximum Gasteiger partial charge on any atom is 0.128 e. The minimum atomic E-state index is -0.458. The van der Waals surface area contributed by atoms with E-state index in [2.05, 4.69) is 42.7 Å². The summed E-state index contributed by atoms with van der Waals surface area (Å²) >= 11 is 0. The average Bonchev–Trinajstić information content (AvgIpc) is 2.29. The first-order valence-corrected chi connectivity index (χ1v) is 6.51. The molecule has 0 aliphatic heterocycles. The Labute approximate surface area is 110 Å². The van der Waals surface area contributed by atoms with Gasteiger partial charge in [-0.15, -0.1) is 0 Å². The van der Waals surface area contributed by atoms with Gasteiger partial charge in [0.05, 0.1) is 6.10 Å². The number of likely N-dealkylation sites (N-methyl/N-ethyl adjacent to an activating group) is 2. The predicted molar refractivity (Wildman–Crippen MR) is 75.9 cm³/mol. The lowest BCUT2D eigenvalue weighted by atomic mass is 10.2. The van der Waals surface area contributed by atoms with Gasteiger partial charge in [0, 0.05) is 25.3 Å². The second kappa shape index (κ2) is 6.71. The van der Waals surface area contributed by atoms with Crippen LogP contribution < -0.4 is 4.90 Å². The first kappa shape index (κ1) is 14.9. The molecule has 0 amide bonds. The molecule has 4 heteroatoms. The molecule has 1 heterocycles. The molecule has 0 saturated carbocycles. The number of pyridine rings is 1. The molecule has 0 radical (unpaired) electrons. The summed E-state index contributed by atoms with van der Waals surface area (Å²) < 4.78 is 0. The predicted octanol–water partition coefficient (Wildman–Crippen LogP) is 1.91. The van der Waals surface area contributed by atoms with Gasteiger partial charge in [-0.25, -0.2) is 4.98 Å². The summed E-state index contributed by atoms with van der Waals surface area (Å²) in [5.74, 6) is 0.969. The van der Waals surface area contributed by atoms with Gasteiger partial charge in [-0.05, 0) is 46.5 Å². The van der Waals surface area contributed by atoms with Crippen molar-refractivity contribution in [3.05, 3.63) is 23.9 Å². The van der Waals surface area contributed by atoms with Crippen LogP contribution in [0.15, 0.2) is 18.3 Å². The van der Waals surface area contributed by atoms with Crippen molar-refractivity contribution in [3.63, 3.8) is 0 Å². The molecular formula is C14H25N3O. The third-order valence-electron chi connectivity index (χ3n) is 3.05. The van der Waals surface area contributed by atoms with Crippen LogP contribution >= 0.6 is 0 Å². The van der Waals surface area contributed by atoms with Crippen LogP contribution in [0.25, 0.3) is 0 Å². The lowest BCUT2D eigenvalue weighted by Gasteiger charge is -2.31. The number of nitrogens with zero attached hydrogens (tertiary/aromatic N) is 3. The fraction of sp³-hybridized carbons (Fsp3) is 0.643. The zero-order valence-electron chi connectivity index (χ0n) is 12.1. The number of rotatable bonds is 6. The van der Waals surface area contributed by atoms with Gasteiger partial charge in [-0.3, -0.25) is 0 Å². The van der Waals surface area contributed by atoms with Crippen LogP contribution in [-0.2, 0) is 0 Å². The summed E-state index contributed by atoms with van der Waals surface area (Å²) in [6.45, 7) is 8.01. The Morgan fingerprint density at radius 3 is 2.33 bits per heavy atom. The lowest BCUT2D eigenvalue weighted by molar-refractivity contribution is 0.199. The SMILES string of the molecule is CCN(c1ccc([C@H](C)O)cn1)C(C)CN(C)C. The minimum absolute atomic E-state index is 0.412. The molecule has 1 rings (SSSR count). The fourth-order valence-corrected chi connectivity index (χ4v) is 2.14. The van der Waals surface area contributed by atoms with E-state index in [1.54, 1.807) is 13.1 Å². The molecule has 0 fully saturated rings. The highest BCUT2D eigenvalue weighted by molar-refractivity contribution is 5.40. The highest BCUT2D eigenvalue weighted by Gasteiger charge is 2.14. The van der Waals surface area contributed by atoms with Gasteiger partial charge in [0.25, 0.3) is 0 Å². The topological polar surface area (TPSA) is 39.6 Å². The van der Waals surface area contributed by atoms with Crippen molar-refractivity contribution in [3.8, 4) is 0 Å². The molecule has 1 unspecified atom stereocenters. The molecule has 0 aliphatic carbocycles. The third kappa shape index (κ3) is 3.96. The third-order valence-corrected chi connectivity index (χ3v) is 3.05. The first-order valence-electron chi connectivity index (χ1n) is 6.51. The molecule has 1 N–H and O–H groups in total. The molecule has 0 aromatic carbocycles. The van der Waals surface area contributed by atoms with E-state index in [9.17, 15) is 5.11 Å². The number of aliphatic hydroxyl groups is 1. The van der Waals surface area contributed by atoms with Gasteiger partial charge in [-0.2, -0.15) is 0 Å². The second-order valence-corrected chi connectivity index (χ2v) is 5.02. The number of aliphatic hydroxyl groups excluding tert-OH is 1. The van der Waals surface area contributed by atoms with Gasteiger partial charge >= 0.3 is 0 Å². The van der Waals surface area contributed by atoms with Crippen molar-refractivity contribution in [1.29, 1.82) is 0 Å². The maximum absolute atomic E-state index is 9.48. The van der Waals surface area contributed by atoms with Crippen molar-refractivity contribution in [2.45, 2.75) is 32.9 Å². The Morgan fingerprint density at radius 1 is 1.28 bits per heavy atom. The van der Waals surface area contributed by atoms with E-state index in [0.717, 1.165) is 24.5 Å². The van der Waals surface area contributed by atoms with Gasteiger partial charge < -0.3 is 14.9 Å². The number of anilines is 1. The van der Waals surface area contributed by atoms with Crippen LogP contribution in [0.3, 0.4) is 0 Å². The molecule has 1 aromatic rings. The van der Waals surface area contributed by atoms with Gasteiger partial charge in [0.1, 0.15) is 5.82 Å². The molecule has 102 valence electrons. The summed E-state index contributed by atoms with van der Waals surface area (Å²) in [5, 5.41) is 9.48. The van der Waals surface area contributed by atoms with E-state index < -0.39 is 6.10 Å². The van der Waals surface area contributed by atoms with Crippen molar-refractivity contribution < 1.29 is 5.11 Å². The molecule has 0 spiro atoms. The van der Waals surface area contributed by atoms with Crippen molar-refractivity contribution in [2.75, 3.05) is 32.1 Å². The van der Waals surface area contributed by atoms with E-state index in [4.69, 9.17) is 0 Å². The van der Waals surface area contributed by atoms with Gasteiger partial charge in [-0.1, -0.05) is 6.07 Å². The molecule has 0 bridgehead atoms. The molecule has 1 aromatic heterocycles. The number of hydrogen-bond acceptors (Lipinski definition) is 4. The Kier molecular flexibility index (Phi) is 5.56. The van der Waals surface area contributed by atoms with Crippen LogP contribution in [0.2, 0.25) is 0 Å². The second-order valence-electron chi connectivity index (χ2n) is 5.02. The first-order chi connectivity index (χ1) is 8.45. The smallest absolute Gasteiger partial charge is 0.128 e. The molecule has 2 atom stereocenters. The molecule has 4 nitrogen and oxygen atoms in total. The van der Waals surface area contributed by atoms with E-state index in [1.165, 1.54) is 0 Å². The highest BCUT2D eigenvalue weighted by Crippen LogP contribution is 2.17. The maximum atomic E-state index is 9.48. The summed E-state index contributed by atoms with van der Waals surface area (Å²) in [6.07, 6.45) is 1.30. The quantitative estimate of drug-likeness (QED) is 0.838. The molecule has 0 aliphatic rings. The zero-order valence-corrected chi connectivity index (χ0v) is 12.1. The number of hydrogen-bond donors (Lipinski definition) is 1. The van der Waals surface area contributed by atoms with E-state index in [0.29, 0.717) is 6.04 Å². The van der Waals surface area contributed by atoms with Crippen LogP contribution in [0.1, 0.15) is 32.4 Å². The van der Waals surface area contributed by atoms with Crippen LogP contribution in [0, 0.1) is 0 Å². The van der Waals surface area contributed by atoms with Crippen molar-refractivity contribution in [1.82, 2.24) is 9.88 Å². The van der Waals surface area contributed by atoms with Gasteiger partial charge in [0.2, 0.25) is 0 Å². The summed E-state index contributed by atoms with van der Waals surface area (Å²) in [5.41, 5.74) is 0.857. The van der Waals surface area contributed by atoms with E-state index in [-0.39, 0.29) is 0 Å². The largest absolute Gasteiger partial charge is 0.389 e. The van der Waals surface area contributed by atoms with Crippen LogP contribution in [0.4, 0.5) is 5.82 Å². The van der Waals surface area contributed by atoms with Gasteiger partial charge in [0.15, 0.2) is 0 Å². The summed E-state index contributed by atoms with van der Waals surface area (Å²) in [4.78, 5) is 8.89. The Morgan fingerprint density at radius 2 is 1.94 bits per heavy atom.